The molecule has 0 heterocycles. The molecule has 0 saturated heterocycles. The molecule has 0 aromatic heterocycles. The number of hydrogen-bond donors (Lipinski definition) is 4. The van der Waals surface area contributed by atoms with Gasteiger partial charge in [0, 0.05) is 36.3 Å². The van der Waals surface area contributed by atoms with Gasteiger partial charge in [-0.3, -0.25) is 9.59 Å². The number of ether oxygens (including phenoxy) is 2. The summed E-state index contributed by atoms with van der Waals surface area (Å²) in [5.41, 5.74) is 1.09. The Morgan fingerprint density at radius 3 is 1.48 bits per heavy atom. The highest BCUT2D eigenvalue weighted by atomic mass is 32.2. The maximum absolute atomic E-state index is 12.8. The summed E-state index contributed by atoms with van der Waals surface area (Å²) in [4.78, 5) is 22.6. The van der Waals surface area contributed by atoms with Crippen LogP contribution < -0.4 is 20.1 Å². The molecular formula is C22H28N2O8S. The zero-order chi connectivity index (χ0) is 24.8. The maximum atomic E-state index is 12.8. The van der Waals surface area contributed by atoms with E-state index in [1.54, 1.807) is 12.1 Å². The molecule has 0 aliphatic carbocycles. The predicted molar refractivity (Wildman–Crippen MR) is 123 cm³/mol. The third kappa shape index (κ3) is 7.45. The Balaban J connectivity index is 2.24. The normalized spacial score (nSPS) is 13.0. The first-order valence-corrected chi connectivity index (χ1v) is 11.8. The molecule has 10 nitrogen and oxygen atoms in total. The lowest BCUT2D eigenvalue weighted by Gasteiger charge is -2.19. The second-order valence-electron chi connectivity index (χ2n) is 7.38. The van der Waals surface area contributed by atoms with Crippen molar-refractivity contribution in [1.29, 1.82) is 0 Å². The molecular weight excluding hydrogens is 452 g/mol. The van der Waals surface area contributed by atoms with E-state index >= 15 is 0 Å². The van der Waals surface area contributed by atoms with Crippen LogP contribution in [0.2, 0.25) is 0 Å². The number of aliphatic hydroxyl groups is 2. The highest BCUT2D eigenvalue weighted by molar-refractivity contribution is 7.91. The van der Waals surface area contributed by atoms with Crippen molar-refractivity contribution in [2.45, 2.75) is 26.1 Å². The Kier molecular flexibility index (Phi) is 8.80. The van der Waals surface area contributed by atoms with Crippen LogP contribution in [0.5, 0.6) is 11.5 Å². The van der Waals surface area contributed by atoms with E-state index in [4.69, 9.17) is 9.47 Å². The SMILES string of the molecule is COc1ccc(NC(C)=O)cc1C(O)CS(=O)(=O)CC(O)c1cc(NC(C)=O)ccc1OC. The standard InChI is InChI=1S/C22H28N2O8S/c1-13(25)23-15-5-7-21(31-3)17(9-15)19(27)11-33(29,30)12-20(28)18-10-16(24-14(2)26)6-8-22(18)32-4/h5-10,19-20,27-28H,11-12H2,1-4H3,(H,23,25)(H,24,26). The minimum Gasteiger partial charge on any atom is -0.496 e. The van der Waals surface area contributed by atoms with Crippen LogP contribution in [0, 0.1) is 0 Å². The van der Waals surface area contributed by atoms with Crippen LogP contribution in [-0.2, 0) is 19.4 Å². The molecule has 2 atom stereocenters. The number of anilines is 2. The molecule has 33 heavy (non-hydrogen) atoms. The summed E-state index contributed by atoms with van der Waals surface area (Å²) in [5, 5.41) is 26.4. The van der Waals surface area contributed by atoms with E-state index in [2.05, 4.69) is 10.6 Å². The van der Waals surface area contributed by atoms with E-state index in [-0.39, 0.29) is 34.4 Å². The number of carbonyl (C=O) groups is 2. The Bertz CT molecular complexity index is 1040. The van der Waals surface area contributed by atoms with Crippen LogP contribution in [0.25, 0.3) is 0 Å². The summed E-state index contributed by atoms with van der Waals surface area (Å²) in [7, 11) is -1.24. The Hall–Kier alpha value is -3.15. The molecule has 2 aromatic carbocycles. The second kappa shape index (κ2) is 11.1. The van der Waals surface area contributed by atoms with E-state index in [1.165, 1.54) is 52.3 Å². The molecule has 4 N–H and O–H groups in total. The van der Waals surface area contributed by atoms with Crippen LogP contribution in [0.15, 0.2) is 36.4 Å². The van der Waals surface area contributed by atoms with Gasteiger partial charge in [0.05, 0.1) is 37.9 Å². The lowest BCUT2D eigenvalue weighted by atomic mass is 10.1. The van der Waals surface area contributed by atoms with Gasteiger partial charge in [-0.25, -0.2) is 8.42 Å². The Morgan fingerprint density at radius 1 is 0.818 bits per heavy atom. The lowest BCUT2D eigenvalue weighted by molar-refractivity contribution is -0.115. The monoisotopic (exact) mass is 480 g/mol. The molecule has 11 heteroatoms. The number of rotatable bonds is 10. The molecule has 0 aliphatic heterocycles. The highest BCUT2D eigenvalue weighted by Gasteiger charge is 2.27. The van der Waals surface area contributed by atoms with Gasteiger partial charge in [-0.2, -0.15) is 0 Å². The van der Waals surface area contributed by atoms with Crippen molar-refractivity contribution in [3.8, 4) is 11.5 Å². The van der Waals surface area contributed by atoms with Gasteiger partial charge in [0.25, 0.3) is 0 Å². The maximum Gasteiger partial charge on any atom is 0.221 e. The molecule has 0 spiro atoms. The highest BCUT2D eigenvalue weighted by Crippen LogP contribution is 2.32. The smallest absolute Gasteiger partial charge is 0.221 e. The van der Waals surface area contributed by atoms with Crippen molar-refractivity contribution in [1.82, 2.24) is 0 Å². The van der Waals surface area contributed by atoms with Gasteiger partial charge < -0.3 is 30.3 Å². The lowest BCUT2D eigenvalue weighted by Crippen LogP contribution is -2.22. The van der Waals surface area contributed by atoms with E-state index in [0.29, 0.717) is 11.4 Å². The minimum atomic E-state index is -3.98. The Morgan fingerprint density at radius 2 is 1.18 bits per heavy atom. The zero-order valence-electron chi connectivity index (χ0n) is 18.8. The number of nitrogens with one attached hydrogen (secondary N) is 2. The summed E-state index contributed by atoms with van der Waals surface area (Å²) < 4.78 is 36.0. The fraction of sp³-hybridized carbons (Fsp3) is 0.364. The molecule has 0 aliphatic rings. The first kappa shape index (κ1) is 26.1. The number of hydrogen-bond acceptors (Lipinski definition) is 8. The average molecular weight is 481 g/mol. The van der Waals surface area contributed by atoms with Gasteiger partial charge in [-0.1, -0.05) is 0 Å². The molecule has 0 fully saturated rings. The first-order chi connectivity index (χ1) is 15.5. The van der Waals surface area contributed by atoms with E-state index in [9.17, 15) is 28.2 Å². The summed E-state index contributed by atoms with van der Waals surface area (Å²) in [5.74, 6) is -1.55. The quantitative estimate of drug-likeness (QED) is 0.402. The number of sulfone groups is 1. The summed E-state index contributed by atoms with van der Waals surface area (Å²) in [6.07, 6.45) is -2.95. The molecule has 0 saturated carbocycles. The van der Waals surface area contributed by atoms with Gasteiger partial charge >= 0.3 is 0 Å². The first-order valence-electron chi connectivity index (χ1n) is 9.93. The van der Waals surface area contributed by atoms with Crippen molar-refractivity contribution < 1.29 is 37.7 Å². The molecule has 2 rings (SSSR count). The molecule has 0 bridgehead atoms. The topological polar surface area (TPSA) is 151 Å². The number of carbonyl (C=O) groups excluding carboxylic acids is 2. The van der Waals surface area contributed by atoms with Gasteiger partial charge in [0.1, 0.15) is 11.5 Å². The van der Waals surface area contributed by atoms with Gasteiger partial charge in [0.2, 0.25) is 11.8 Å². The molecule has 2 amide bonds. The van der Waals surface area contributed by atoms with Crippen LogP contribution in [0.3, 0.4) is 0 Å². The van der Waals surface area contributed by atoms with Crippen molar-refractivity contribution >= 4 is 33.0 Å². The molecule has 180 valence electrons. The minimum absolute atomic E-state index is 0.173. The third-order valence-electron chi connectivity index (χ3n) is 4.64. The van der Waals surface area contributed by atoms with Crippen LogP contribution in [0.1, 0.15) is 37.2 Å². The van der Waals surface area contributed by atoms with Crippen molar-refractivity contribution in [2.24, 2.45) is 0 Å². The van der Waals surface area contributed by atoms with Crippen molar-refractivity contribution in [3.05, 3.63) is 47.5 Å². The van der Waals surface area contributed by atoms with Gasteiger partial charge in [-0.05, 0) is 36.4 Å². The van der Waals surface area contributed by atoms with Crippen molar-refractivity contribution in [3.63, 3.8) is 0 Å². The number of methoxy groups -OCH3 is 2. The number of aliphatic hydroxyl groups excluding tert-OH is 2. The zero-order valence-corrected chi connectivity index (χ0v) is 19.6. The average Bonchev–Trinajstić information content (AvgIpc) is 2.72. The number of benzene rings is 2. The van der Waals surface area contributed by atoms with E-state index in [0.717, 1.165) is 0 Å². The number of amides is 2. The van der Waals surface area contributed by atoms with Gasteiger partial charge in [-0.15, -0.1) is 0 Å². The predicted octanol–water partition coefficient (Wildman–Crippen LogP) is 1.80. The summed E-state index contributed by atoms with van der Waals surface area (Å²) in [6, 6.07) is 8.98. The van der Waals surface area contributed by atoms with E-state index in [1.807, 2.05) is 0 Å². The van der Waals surface area contributed by atoms with Gasteiger partial charge in [0.15, 0.2) is 9.84 Å². The largest absolute Gasteiger partial charge is 0.496 e. The van der Waals surface area contributed by atoms with Crippen LogP contribution in [-0.4, -0.2) is 56.2 Å². The molecule has 0 radical (unpaired) electrons. The second-order valence-corrected chi connectivity index (χ2v) is 9.54. The molecule has 2 aromatic rings. The fourth-order valence-corrected chi connectivity index (χ4v) is 4.74. The third-order valence-corrected chi connectivity index (χ3v) is 6.29. The van der Waals surface area contributed by atoms with Crippen LogP contribution >= 0.6 is 0 Å². The van der Waals surface area contributed by atoms with E-state index < -0.39 is 33.6 Å². The summed E-state index contributed by atoms with van der Waals surface area (Å²) >= 11 is 0. The summed E-state index contributed by atoms with van der Waals surface area (Å²) in [6.45, 7) is 2.64. The molecule has 2 unspecified atom stereocenters. The Labute approximate surface area is 192 Å². The van der Waals surface area contributed by atoms with Crippen LogP contribution in [0.4, 0.5) is 11.4 Å². The fourth-order valence-electron chi connectivity index (χ4n) is 3.28. The van der Waals surface area contributed by atoms with Crippen molar-refractivity contribution in [2.75, 3.05) is 36.4 Å².